The number of amides is 1. The van der Waals surface area contributed by atoms with Gasteiger partial charge in [0.1, 0.15) is 5.75 Å². The molecule has 260 valence electrons. The first-order valence-electron chi connectivity index (χ1n) is 15.8. The molecule has 4 aromatic rings. The van der Waals surface area contributed by atoms with Crippen molar-refractivity contribution in [3.8, 4) is 16.9 Å². The summed E-state index contributed by atoms with van der Waals surface area (Å²) in [5.74, 6) is -1.00. The summed E-state index contributed by atoms with van der Waals surface area (Å²) in [7, 11) is -4.15. The number of ketones is 1. The molecule has 49 heavy (non-hydrogen) atoms. The van der Waals surface area contributed by atoms with Gasteiger partial charge in [-0.1, -0.05) is 75.4 Å². The van der Waals surface area contributed by atoms with E-state index in [0.717, 1.165) is 23.3 Å². The highest BCUT2D eigenvalue weighted by molar-refractivity contribution is 7.85. The fourth-order valence-electron chi connectivity index (χ4n) is 5.21. The molecule has 0 saturated heterocycles. The van der Waals surface area contributed by atoms with E-state index >= 15 is 0 Å². The molecule has 11 heteroatoms. The maximum Gasteiger partial charge on any atom is 0.416 e. The normalized spacial score (nSPS) is 12.7. The van der Waals surface area contributed by atoms with Gasteiger partial charge in [-0.15, -0.1) is 0 Å². The second-order valence-electron chi connectivity index (χ2n) is 13.3. The molecule has 1 amide bonds. The molecule has 0 aliphatic heterocycles. The number of aryl methyl sites for hydroxylation is 1. The van der Waals surface area contributed by atoms with Crippen molar-refractivity contribution in [1.82, 2.24) is 0 Å². The average molecular weight is 696 g/mol. The number of alkyl halides is 3. The minimum absolute atomic E-state index is 0.00203. The van der Waals surface area contributed by atoms with Gasteiger partial charge in [0.05, 0.1) is 23.8 Å². The lowest BCUT2D eigenvalue weighted by Gasteiger charge is -2.20. The van der Waals surface area contributed by atoms with Crippen molar-refractivity contribution in [2.45, 2.75) is 59.1 Å². The summed E-state index contributed by atoms with van der Waals surface area (Å²) >= 11 is 0. The largest absolute Gasteiger partial charge is 0.493 e. The molecule has 7 nitrogen and oxygen atoms in total. The summed E-state index contributed by atoms with van der Waals surface area (Å²) in [6.45, 7) is 8.34. The van der Waals surface area contributed by atoms with E-state index in [4.69, 9.17) is 9.29 Å². The van der Waals surface area contributed by atoms with Gasteiger partial charge in [0, 0.05) is 17.7 Å². The molecule has 4 aromatic carbocycles. The van der Waals surface area contributed by atoms with Crippen molar-refractivity contribution < 1.29 is 40.5 Å². The van der Waals surface area contributed by atoms with Crippen LogP contribution in [-0.2, 0) is 27.5 Å². The molecule has 0 aliphatic carbocycles. The molecule has 0 saturated carbocycles. The van der Waals surface area contributed by atoms with E-state index in [2.05, 4.69) is 26.1 Å². The van der Waals surface area contributed by atoms with Gasteiger partial charge in [-0.3, -0.25) is 14.1 Å². The first kappa shape index (κ1) is 37.3. The number of anilines is 1. The number of hydrogen-bond acceptors (Lipinski definition) is 5. The molecule has 0 bridgehead atoms. The Labute approximate surface area is 285 Å². The number of rotatable bonds is 13. The van der Waals surface area contributed by atoms with Gasteiger partial charge in [0.2, 0.25) is 5.91 Å². The van der Waals surface area contributed by atoms with E-state index in [-0.39, 0.29) is 29.9 Å². The minimum atomic E-state index is -4.43. The van der Waals surface area contributed by atoms with Crippen molar-refractivity contribution >= 4 is 27.5 Å². The third kappa shape index (κ3) is 11.3. The van der Waals surface area contributed by atoms with E-state index in [1.165, 1.54) is 6.07 Å². The first-order chi connectivity index (χ1) is 22.9. The summed E-state index contributed by atoms with van der Waals surface area (Å²) in [6.07, 6.45) is -4.16. The third-order valence-corrected chi connectivity index (χ3v) is 8.61. The number of hydrogen-bond donors (Lipinski definition) is 2. The van der Waals surface area contributed by atoms with E-state index in [1.54, 1.807) is 55.5 Å². The zero-order valence-electron chi connectivity index (χ0n) is 27.8. The fraction of sp³-hybridized carbons (Fsp3) is 0.316. The molecule has 1 unspecified atom stereocenters. The van der Waals surface area contributed by atoms with Crippen LogP contribution in [0.2, 0.25) is 0 Å². The average Bonchev–Trinajstić information content (AvgIpc) is 3.02. The molecule has 0 aromatic heterocycles. The molecule has 1 atom stereocenters. The molecule has 0 spiro atoms. The van der Waals surface area contributed by atoms with Crippen molar-refractivity contribution in [2.75, 3.05) is 17.7 Å². The Morgan fingerprint density at radius 3 is 2.06 bits per heavy atom. The summed E-state index contributed by atoms with van der Waals surface area (Å²) in [5, 5.41) is 2.97. The van der Waals surface area contributed by atoms with Crippen LogP contribution in [0.5, 0.6) is 5.75 Å². The molecule has 0 heterocycles. The van der Waals surface area contributed by atoms with Crippen LogP contribution < -0.4 is 10.1 Å². The Kier molecular flexibility index (Phi) is 11.7. The highest BCUT2D eigenvalue weighted by Crippen LogP contribution is 2.34. The number of Topliss-reactive ketones (excluding diaryl/α,β-unsaturated/α-hetero) is 1. The molecule has 2 N–H and O–H groups in total. The monoisotopic (exact) mass is 695 g/mol. The second kappa shape index (κ2) is 15.4. The van der Waals surface area contributed by atoms with Crippen LogP contribution in [0.4, 0.5) is 18.9 Å². The highest BCUT2D eigenvalue weighted by Gasteiger charge is 2.30. The lowest BCUT2D eigenvalue weighted by Crippen LogP contribution is -2.23. The summed E-state index contributed by atoms with van der Waals surface area (Å²) in [5.41, 5.74) is 3.52. The van der Waals surface area contributed by atoms with Gasteiger partial charge in [-0.25, -0.2) is 0 Å². The van der Waals surface area contributed by atoms with E-state index < -0.39 is 33.5 Å². The molecule has 4 rings (SSSR count). The summed E-state index contributed by atoms with van der Waals surface area (Å²) in [6, 6.07) is 24.6. The SMILES string of the molecule is Cc1cc(C(F)(F)F)ccc1-c1ccc(NC(=O)C(Cc2ccc(C(=O)CCCS(=O)(=O)O)cc2)c2ccc(OCC(C)(C)C)cc2)cc1. The van der Waals surface area contributed by atoms with Gasteiger partial charge in [0.15, 0.2) is 5.78 Å². The van der Waals surface area contributed by atoms with Crippen LogP contribution in [-0.4, -0.2) is 37.0 Å². The van der Waals surface area contributed by atoms with Crippen molar-refractivity contribution in [2.24, 2.45) is 5.41 Å². The Morgan fingerprint density at radius 2 is 1.51 bits per heavy atom. The van der Waals surface area contributed by atoms with Crippen LogP contribution in [0.25, 0.3) is 11.1 Å². The number of carbonyl (C=O) groups excluding carboxylic acids is 2. The molecular weight excluding hydrogens is 655 g/mol. The molecule has 0 fully saturated rings. The second-order valence-corrected chi connectivity index (χ2v) is 14.9. The zero-order valence-corrected chi connectivity index (χ0v) is 28.6. The Hall–Kier alpha value is -4.48. The van der Waals surface area contributed by atoms with Gasteiger partial charge >= 0.3 is 6.18 Å². The fourth-order valence-corrected chi connectivity index (χ4v) is 5.72. The van der Waals surface area contributed by atoms with Crippen LogP contribution in [0.1, 0.15) is 72.1 Å². The van der Waals surface area contributed by atoms with Crippen LogP contribution in [0.3, 0.4) is 0 Å². The van der Waals surface area contributed by atoms with E-state index in [1.807, 2.05) is 24.3 Å². The van der Waals surface area contributed by atoms with Gasteiger partial charge in [-0.2, -0.15) is 21.6 Å². The van der Waals surface area contributed by atoms with Crippen LogP contribution in [0.15, 0.2) is 91.0 Å². The smallest absolute Gasteiger partial charge is 0.416 e. The lowest BCUT2D eigenvalue weighted by molar-refractivity contribution is -0.137. The van der Waals surface area contributed by atoms with Crippen molar-refractivity contribution in [3.63, 3.8) is 0 Å². The predicted molar refractivity (Wildman–Crippen MR) is 185 cm³/mol. The molecule has 0 radical (unpaired) electrons. The van der Waals surface area contributed by atoms with Gasteiger partial charge in [-0.05, 0) is 89.4 Å². The van der Waals surface area contributed by atoms with Gasteiger partial charge in [0.25, 0.3) is 10.1 Å². The maximum atomic E-state index is 13.8. The Morgan fingerprint density at radius 1 is 0.878 bits per heavy atom. The van der Waals surface area contributed by atoms with Crippen LogP contribution in [0, 0.1) is 12.3 Å². The van der Waals surface area contributed by atoms with E-state index in [9.17, 15) is 31.2 Å². The molecule has 0 aliphatic rings. The first-order valence-corrected chi connectivity index (χ1v) is 17.4. The maximum absolute atomic E-state index is 13.8. The number of benzene rings is 4. The van der Waals surface area contributed by atoms with Crippen molar-refractivity contribution in [1.29, 1.82) is 0 Å². The quantitative estimate of drug-likeness (QED) is 0.107. The standard InChI is InChI=1S/C38H40F3NO6S/c1-25-22-30(38(39,40)41)15-20-33(25)27-11-16-31(17-12-27)42-36(44)34(28-13-18-32(19-14-28)48-24-37(2,3)4)23-26-7-9-29(10-8-26)35(43)6-5-21-49(45,46)47/h7-20,22,34H,5-6,21,23-24H2,1-4H3,(H,42,44)(H,45,46,47). The Balaban J connectivity index is 1.53. The zero-order chi connectivity index (χ0) is 36.0. The van der Waals surface area contributed by atoms with Gasteiger partial charge < -0.3 is 10.1 Å². The number of nitrogens with one attached hydrogen (secondary N) is 1. The predicted octanol–water partition coefficient (Wildman–Crippen LogP) is 8.92. The minimum Gasteiger partial charge on any atom is -0.493 e. The van der Waals surface area contributed by atoms with E-state index in [0.29, 0.717) is 46.7 Å². The van der Waals surface area contributed by atoms with Crippen molar-refractivity contribution in [3.05, 3.63) is 119 Å². The number of halogens is 3. The van der Waals surface area contributed by atoms with Crippen LogP contribution >= 0.6 is 0 Å². The third-order valence-electron chi connectivity index (χ3n) is 7.81. The number of carbonyl (C=O) groups is 2. The number of ether oxygens (including phenoxy) is 1. The lowest BCUT2D eigenvalue weighted by atomic mass is 9.90. The summed E-state index contributed by atoms with van der Waals surface area (Å²) in [4.78, 5) is 26.3. The molecular formula is C38H40F3NO6S. The topological polar surface area (TPSA) is 110 Å². The Bertz CT molecular complexity index is 1860. The highest BCUT2D eigenvalue weighted by atomic mass is 32.2. The summed E-state index contributed by atoms with van der Waals surface area (Å²) < 4.78 is 76.2.